The Labute approximate surface area is 162 Å². The third kappa shape index (κ3) is 3.17. The summed E-state index contributed by atoms with van der Waals surface area (Å²) in [6, 6.07) is 16.7. The molecule has 1 aliphatic heterocycles. The van der Waals surface area contributed by atoms with Crippen molar-refractivity contribution in [2.24, 2.45) is 0 Å². The van der Waals surface area contributed by atoms with Crippen LogP contribution in [0.25, 0.3) is 16.5 Å². The second-order valence-electron chi connectivity index (χ2n) is 6.53. The van der Waals surface area contributed by atoms with Crippen molar-refractivity contribution in [1.29, 1.82) is 0 Å². The highest BCUT2D eigenvalue weighted by molar-refractivity contribution is 9.11. The van der Waals surface area contributed by atoms with E-state index in [1.807, 2.05) is 6.07 Å². The molecule has 0 atom stereocenters. The van der Waals surface area contributed by atoms with Crippen LogP contribution in [0.4, 0.5) is 0 Å². The van der Waals surface area contributed by atoms with Crippen molar-refractivity contribution < 1.29 is 4.74 Å². The molecule has 0 radical (unpaired) electrons. The summed E-state index contributed by atoms with van der Waals surface area (Å²) in [4.78, 5) is 5.81. The number of halogens is 1. The van der Waals surface area contributed by atoms with Crippen molar-refractivity contribution >= 4 is 32.4 Å². The molecule has 4 heteroatoms. The smallest absolute Gasteiger partial charge is 0.120 e. The van der Waals surface area contributed by atoms with Crippen LogP contribution in [0.2, 0.25) is 0 Å². The van der Waals surface area contributed by atoms with Gasteiger partial charge in [-0.2, -0.15) is 0 Å². The van der Waals surface area contributed by atoms with Gasteiger partial charge in [-0.1, -0.05) is 36.4 Å². The van der Waals surface area contributed by atoms with Gasteiger partial charge in [-0.25, -0.2) is 0 Å². The van der Waals surface area contributed by atoms with E-state index in [1.165, 1.54) is 27.8 Å². The zero-order valence-electron chi connectivity index (χ0n) is 14.9. The van der Waals surface area contributed by atoms with E-state index in [2.05, 4.69) is 87.4 Å². The van der Waals surface area contributed by atoms with Gasteiger partial charge in [0.15, 0.2) is 0 Å². The minimum atomic E-state index is 0.869. The standard InChI is InChI=1S/C22H21BrN2O/c1-15-22(19-9-8-18(26-2)13-20(19)24-15)17-10-11-25(21(23)12-17)14-16-6-4-3-5-7-16/h3-10,12-13,24H,11,14H2,1-2H3. The number of aromatic amines is 1. The minimum Gasteiger partial charge on any atom is -0.497 e. The van der Waals surface area contributed by atoms with Crippen molar-refractivity contribution in [3.05, 3.63) is 82.1 Å². The van der Waals surface area contributed by atoms with Gasteiger partial charge in [0, 0.05) is 41.3 Å². The Bertz CT molecular complexity index is 1000. The number of methoxy groups -OCH3 is 1. The Balaban J connectivity index is 1.64. The van der Waals surface area contributed by atoms with E-state index in [0.717, 1.165) is 29.0 Å². The van der Waals surface area contributed by atoms with E-state index < -0.39 is 0 Å². The molecule has 0 unspecified atom stereocenters. The molecule has 0 fully saturated rings. The summed E-state index contributed by atoms with van der Waals surface area (Å²) in [6.45, 7) is 3.90. The summed E-state index contributed by atoms with van der Waals surface area (Å²) in [7, 11) is 1.70. The molecular weight excluding hydrogens is 388 g/mol. The summed E-state index contributed by atoms with van der Waals surface area (Å²) >= 11 is 3.77. The topological polar surface area (TPSA) is 28.3 Å². The van der Waals surface area contributed by atoms with Crippen molar-refractivity contribution in [2.75, 3.05) is 13.7 Å². The quantitative estimate of drug-likeness (QED) is 0.567. The predicted molar refractivity (Wildman–Crippen MR) is 111 cm³/mol. The maximum Gasteiger partial charge on any atom is 0.120 e. The molecule has 4 rings (SSSR count). The zero-order chi connectivity index (χ0) is 18.1. The lowest BCUT2D eigenvalue weighted by atomic mass is 10.00. The lowest BCUT2D eigenvalue weighted by Gasteiger charge is -2.27. The Morgan fingerprint density at radius 3 is 2.69 bits per heavy atom. The third-order valence-electron chi connectivity index (χ3n) is 4.81. The Kier molecular flexibility index (Phi) is 4.60. The van der Waals surface area contributed by atoms with E-state index in [0.29, 0.717) is 0 Å². The fourth-order valence-corrected chi connectivity index (χ4v) is 4.02. The van der Waals surface area contributed by atoms with Crippen LogP contribution in [0.15, 0.2) is 65.3 Å². The number of hydrogen-bond donors (Lipinski definition) is 1. The van der Waals surface area contributed by atoms with Gasteiger partial charge in [-0.05, 0) is 52.2 Å². The number of allylic oxidation sites excluding steroid dienone is 2. The van der Waals surface area contributed by atoms with Crippen LogP contribution in [0, 0.1) is 6.92 Å². The molecule has 1 N–H and O–H groups in total. The molecule has 2 aromatic carbocycles. The molecule has 0 saturated carbocycles. The molecule has 0 spiro atoms. The number of benzene rings is 2. The van der Waals surface area contributed by atoms with Gasteiger partial charge in [0.05, 0.1) is 11.7 Å². The summed E-state index contributed by atoms with van der Waals surface area (Å²) < 4.78 is 6.46. The Hall–Kier alpha value is -2.46. The normalized spacial score (nSPS) is 14.3. The summed E-state index contributed by atoms with van der Waals surface area (Å²) in [5, 5.41) is 1.22. The lowest BCUT2D eigenvalue weighted by molar-refractivity contribution is 0.398. The molecule has 1 aliphatic rings. The van der Waals surface area contributed by atoms with Crippen LogP contribution in [-0.2, 0) is 6.54 Å². The SMILES string of the molecule is COc1ccc2c(C3=CCN(Cc4ccccc4)C(Br)=C3)c(C)[nH]c2c1. The molecular formula is C22H21BrN2O. The van der Waals surface area contributed by atoms with Crippen molar-refractivity contribution in [3.63, 3.8) is 0 Å². The lowest BCUT2D eigenvalue weighted by Crippen LogP contribution is -2.22. The third-order valence-corrected chi connectivity index (χ3v) is 5.54. The molecule has 2 heterocycles. The maximum absolute atomic E-state index is 5.34. The van der Waals surface area contributed by atoms with Gasteiger partial charge < -0.3 is 14.6 Å². The fraction of sp³-hybridized carbons (Fsp3) is 0.182. The number of aryl methyl sites for hydroxylation is 1. The van der Waals surface area contributed by atoms with Gasteiger partial charge in [-0.3, -0.25) is 0 Å². The number of H-pyrrole nitrogens is 1. The number of aromatic nitrogens is 1. The van der Waals surface area contributed by atoms with Gasteiger partial charge >= 0.3 is 0 Å². The summed E-state index contributed by atoms with van der Waals surface area (Å²) in [5.41, 5.74) is 6.10. The van der Waals surface area contributed by atoms with Crippen LogP contribution in [0.5, 0.6) is 5.75 Å². The monoisotopic (exact) mass is 408 g/mol. The van der Waals surface area contributed by atoms with Crippen molar-refractivity contribution in [1.82, 2.24) is 9.88 Å². The van der Waals surface area contributed by atoms with Gasteiger partial charge in [-0.15, -0.1) is 0 Å². The van der Waals surface area contributed by atoms with E-state index >= 15 is 0 Å². The van der Waals surface area contributed by atoms with Crippen LogP contribution in [-0.4, -0.2) is 23.5 Å². The first kappa shape index (κ1) is 17.0. The molecule has 3 nitrogen and oxygen atoms in total. The average Bonchev–Trinajstić information content (AvgIpc) is 2.99. The predicted octanol–water partition coefficient (Wildman–Crippen LogP) is 5.62. The van der Waals surface area contributed by atoms with E-state index in [4.69, 9.17) is 4.74 Å². The van der Waals surface area contributed by atoms with Crippen LogP contribution in [0.1, 0.15) is 16.8 Å². The highest BCUT2D eigenvalue weighted by Crippen LogP contribution is 2.35. The zero-order valence-corrected chi connectivity index (χ0v) is 16.5. The number of rotatable bonds is 4. The Morgan fingerprint density at radius 1 is 1.15 bits per heavy atom. The maximum atomic E-state index is 5.34. The molecule has 1 aromatic heterocycles. The number of hydrogen-bond acceptors (Lipinski definition) is 2. The fourth-order valence-electron chi connectivity index (χ4n) is 3.50. The number of ether oxygens (including phenoxy) is 1. The second kappa shape index (κ2) is 7.04. The van der Waals surface area contributed by atoms with E-state index in [9.17, 15) is 0 Å². The Morgan fingerprint density at radius 2 is 1.96 bits per heavy atom. The van der Waals surface area contributed by atoms with Gasteiger partial charge in [0.1, 0.15) is 5.75 Å². The number of fused-ring (bicyclic) bond motifs is 1. The average molecular weight is 409 g/mol. The van der Waals surface area contributed by atoms with Gasteiger partial charge in [0.25, 0.3) is 0 Å². The van der Waals surface area contributed by atoms with Crippen LogP contribution < -0.4 is 4.74 Å². The second-order valence-corrected chi connectivity index (χ2v) is 7.34. The van der Waals surface area contributed by atoms with Gasteiger partial charge in [0.2, 0.25) is 0 Å². The molecule has 132 valence electrons. The van der Waals surface area contributed by atoms with Crippen LogP contribution >= 0.6 is 15.9 Å². The minimum absolute atomic E-state index is 0.869. The summed E-state index contributed by atoms with van der Waals surface area (Å²) in [6.07, 6.45) is 4.51. The first-order chi connectivity index (χ1) is 12.7. The highest BCUT2D eigenvalue weighted by atomic mass is 79.9. The number of nitrogens with zero attached hydrogens (tertiary/aromatic N) is 1. The van der Waals surface area contributed by atoms with Crippen molar-refractivity contribution in [3.8, 4) is 5.75 Å². The van der Waals surface area contributed by atoms with E-state index in [1.54, 1.807) is 7.11 Å². The first-order valence-corrected chi connectivity index (χ1v) is 9.48. The highest BCUT2D eigenvalue weighted by Gasteiger charge is 2.18. The van der Waals surface area contributed by atoms with Crippen LogP contribution in [0.3, 0.4) is 0 Å². The van der Waals surface area contributed by atoms with E-state index in [-0.39, 0.29) is 0 Å². The largest absolute Gasteiger partial charge is 0.497 e. The molecule has 0 amide bonds. The molecule has 0 bridgehead atoms. The molecule has 26 heavy (non-hydrogen) atoms. The molecule has 3 aromatic rings. The van der Waals surface area contributed by atoms with Crippen molar-refractivity contribution in [2.45, 2.75) is 13.5 Å². The molecule has 0 saturated heterocycles. The summed E-state index contributed by atoms with van der Waals surface area (Å²) in [5.74, 6) is 0.869. The molecule has 0 aliphatic carbocycles. The number of nitrogens with one attached hydrogen (secondary N) is 1. The first-order valence-electron chi connectivity index (χ1n) is 8.68.